The minimum atomic E-state index is -1.33. The lowest BCUT2D eigenvalue weighted by atomic mass is 9.76. The Balaban J connectivity index is 2.07. The summed E-state index contributed by atoms with van der Waals surface area (Å²) in [7, 11) is -1.33. The number of nitrogens with two attached hydrogens (primary N) is 1. The van der Waals surface area contributed by atoms with Gasteiger partial charge in [0.15, 0.2) is 0 Å². The molecule has 108 valence electrons. The summed E-state index contributed by atoms with van der Waals surface area (Å²) in [5.41, 5.74) is 4.90. The molecule has 0 bridgehead atoms. The molecule has 0 radical (unpaired) electrons. The molecule has 3 unspecified atom stereocenters. The summed E-state index contributed by atoms with van der Waals surface area (Å²) >= 11 is 0. The number of carboxylic acid groups (broad SMARTS) is 1. The Labute approximate surface area is 112 Å². The van der Waals surface area contributed by atoms with Crippen LogP contribution in [0.1, 0.15) is 12.8 Å². The Morgan fingerprint density at radius 1 is 1.53 bits per heavy atom. The van der Waals surface area contributed by atoms with E-state index >= 15 is 0 Å². The summed E-state index contributed by atoms with van der Waals surface area (Å²) < 4.78 is 0. The Morgan fingerprint density at radius 3 is 2.89 bits per heavy atom. The summed E-state index contributed by atoms with van der Waals surface area (Å²) in [5, 5.41) is 30.5. The first-order valence-corrected chi connectivity index (χ1v) is 6.78. The van der Waals surface area contributed by atoms with Gasteiger partial charge < -0.3 is 26.2 Å². The van der Waals surface area contributed by atoms with Gasteiger partial charge in [-0.15, -0.1) is 0 Å². The fraction of sp³-hybridized carbons (Fsp3) is 0.909. The van der Waals surface area contributed by atoms with Crippen LogP contribution in [0.15, 0.2) is 0 Å². The normalized spacial score (nSPS) is 35.1. The van der Waals surface area contributed by atoms with Crippen molar-refractivity contribution in [1.29, 1.82) is 0 Å². The number of piperazine rings is 1. The Morgan fingerprint density at radius 2 is 2.26 bits per heavy atom. The van der Waals surface area contributed by atoms with Crippen molar-refractivity contribution in [3.05, 3.63) is 0 Å². The number of aliphatic carboxylic acids is 1. The molecule has 7 nitrogen and oxygen atoms in total. The van der Waals surface area contributed by atoms with E-state index in [-0.39, 0.29) is 18.3 Å². The maximum Gasteiger partial charge on any atom is 0.451 e. The van der Waals surface area contributed by atoms with E-state index in [2.05, 4.69) is 10.2 Å². The molecule has 0 amide bonds. The van der Waals surface area contributed by atoms with Crippen LogP contribution in [0.2, 0.25) is 6.32 Å². The van der Waals surface area contributed by atoms with Gasteiger partial charge in [-0.05, 0) is 12.7 Å². The van der Waals surface area contributed by atoms with Crippen LogP contribution in [-0.2, 0) is 4.79 Å². The van der Waals surface area contributed by atoms with Crippen molar-refractivity contribution >= 4 is 13.1 Å². The minimum absolute atomic E-state index is 0.130. The fourth-order valence-corrected chi connectivity index (χ4v) is 3.35. The Kier molecular flexibility index (Phi) is 4.47. The fourth-order valence-electron chi connectivity index (χ4n) is 3.35. The molecule has 0 saturated carbocycles. The molecule has 6 N–H and O–H groups in total. The number of carbonyl (C=O) groups is 1. The van der Waals surface area contributed by atoms with Gasteiger partial charge in [-0.3, -0.25) is 9.69 Å². The van der Waals surface area contributed by atoms with Gasteiger partial charge in [-0.2, -0.15) is 0 Å². The molecule has 2 heterocycles. The first-order chi connectivity index (χ1) is 8.95. The van der Waals surface area contributed by atoms with E-state index < -0.39 is 18.6 Å². The molecular formula is C11H22BN3O4. The molecule has 2 saturated heterocycles. The van der Waals surface area contributed by atoms with Gasteiger partial charge in [0, 0.05) is 38.1 Å². The van der Waals surface area contributed by atoms with Crippen LogP contribution in [0.4, 0.5) is 0 Å². The third kappa shape index (κ3) is 2.92. The molecule has 3 atom stereocenters. The SMILES string of the molecule is NC1(C(=O)O)CN2CCNCC2C1CCCB(O)O. The number of nitrogens with zero attached hydrogens (tertiary/aromatic N) is 1. The second kappa shape index (κ2) is 5.76. The van der Waals surface area contributed by atoms with Gasteiger partial charge in [0.05, 0.1) is 0 Å². The standard InChI is InChI=1S/C11H22BN3O4/c13-11(10(16)17)7-15-5-4-14-6-9(15)8(11)2-1-3-12(18)19/h8-9,14,18-19H,1-7,13H2,(H,16,17). The monoisotopic (exact) mass is 271 g/mol. The topological polar surface area (TPSA) is 119 Å². The van der Waals surface area contributed by atoms with Crippen LogP contribution in [0.3, 0.4) is 0 Å². The summed E-state index contributed by atoms with van der Waals surface area (Å²) in [6, 6.07) is 0.130. The molecule has 2 aliphatic rings. The molecule has 0 aromatic heterocycles. The average molecular weight is 271 g/mol. The van der Waals surface area contributed by atoms with Crippen LogP contribution in [-0.4, -0.2) is 70.9 Å². The van der Waals surface area contributed by atoms with Crippen LogP contribution in [0.5, 0.6) is 0 Å². The van der Waals surface area contributed by atoms with E-state index in [1.807, 2.05) is 0 Å². The second-order valence-electron chi connectivity index (χ2n) is 5.61. The van der Waals surface area contributed by atoms with Crippen molar-refractivity contribution < 1.29 is 19.9 Å². The van der Waals surface area contributed by atoms with Crippen molar-refractivity contribution in [2.75, 3.05) is 26.2 Å². The zero-order chi connectivity index (χ0) is 14.0. The highest BCUT2D eigenvalue weighted by atomic mass is 16.4. The van der Waals surface area contributed by atoms with E-state index in [4.69, 9.17) is 15.8 Å². The lowest BCUT2D eigenvalue weighted by Gasteiger charge is -2.33. The number of hydrogen-bond donors (Lipinski definition) is 5. The zero-order valence-electron chi connectivity index (χ0n) is 11.0. The van der Waals surface area contributed by atoms with Crippen LogP contribution >= 0.6 is 0 Å². The number of hydrogen-bond acceptors (Lipinski definition) is 6. The third-order valence-corrected chi connectivity index (χ3v) is 4.36. The summed E-state index contributed by atoms with van der Waals surface area (Å²) in [6.45, 7) is 2.80. The minimum Gasteiger partial charge on any atom is -0.480 e. The lowest BCUT2D eigenvalue weighted by Crippen LogP contribution is -2.55. The maximum absolute atomic E-state index is 11.5. The number of fused-ring (bicyclic) bond motifs is 1. The Hall–Kier alpha value is -0.665. The summed E-state index contributed by atoms with van der Waals surface area (Å²) in [5.74, 6) is -1.12. The van der Waals surface area contributed by atoms with Crippen molar-refractivity contribution in [3.63, 3.8) is 0 Å². The molecule has 0 aromatic rings. The number of carboxylic acids is 1. The van der Waals surface area contributed by atoms with Crippen LogP contribution in [0, 0.1) is 5.92 Å². The van der Waals surface area contributed by atoms with Gasteiger partial charge >= 0.3 is 13.1 Å². The Bertz CT molecular complexity index is 344. The molecule has 0 aromatic carbocycles. The molecule has 2 rings (SSSR count). The highest BCUT2D eigenvalue weighted by molar-refractivity contribution is 6.40. The quantitative estimate of drug-likeness (QED) is 0.364. The van der Waals surface area contributed by atoms with Crippen molar-refractivity contribution in [2.24, 2.45) is 11.7 Å². The highest BCUT2D eigenvalue weighted by Crippen LogP contribution is 2.36. The molecular weight excluding hydrogens is 249 g/mol. The maximum atomic E-state index is 11.5. The molecule has 2 fully saturated rings. The van der Waals surface area contributed by atoms with Gasteiger partial charge in [0.25, 0.3) is 0 Å². The first-order valence-electron chi connectivity index (χ1n) is 6.78. The van der Waals surface area contributed by atoms with Gasteiger partial charge in [0.2, 0.25) is 0 Å². The van der Waals surface area contributed by atoms with Gasteiger partial charge in [-0.25, -0.2) is 0 Å². The molecule has 0 aliphatic carbocycles. The van der Waals surface area contributed by atoms with Crippen molar-refractivity contribution in [2.45, 2.75) is 30.7 Å². The largest absolute Gasteiger partial charge is 0.480 e. The first kappa shape index (κ1) is 14.7. The summed E-state index contributed by atoms with van der Waals surface area (Å²) in [4.78, 5) is 13.6. The number of nitrogens with one attached hydrogen (secondary N) is 1. The van der Waals surface area contributed by atoms with E-state index in [1.54, 1.807) is 0 Å². The lowest BCUT2D eigenvalue weighted by molar-refractivity contribution is -0.144. The van der Waals surface area contributed by atoms with Crippen molar-refractivity contribution in [1.82, 2.24) is 10.2 Å². The predicted octanol–water partition coefficient (Wildman–Crippen LogP) is -2.07. The van der Waals surface area contributed by atoms with Gasteiger partial charge in [0.1, 0.15) is 5.54 Å². The second-order valence-corrected chi connectivity index (χ2v) is 5.61. The van der Waals surface area contributed by atoms with E-state index in [0.717, 1.165) is 19.6 Å². The van der Waals surface area contributed by atoms with Crippen LogP contribution < -0.4 is 11.1 Å². The van der Waals surface area contributed by atoms with E-state index in [0.29, 0.717) is 19.4 Å². The smallest absolute Gasteiger partial charge is 0.451 e. The molecule has 0 spiro atoms. The molecule has 19 heavy (non-hydrogen) atoms. The van der Waals surface area contributed by atoms with E-state index in [1.165, 1.54) is 0 Å². The van der Waals surface area contributed by atoms with Crippen molar-refractivity contribution in [3.8, 4) is 0 Å². The van der Waals surface area contributed by atoms with Crippen LogP contribution in [0.25, 0.3) is 0 Å². The van der Waals surface area contributed by atoms with Gasteiger partial charge in [-0.1, -0.05) is 6.42 Å². The number of rotatable bonds is 5. The third-order valence-electron chi connectivity index (χ3n) is 4.36. The van der Waals surface area contributed by atoms with E-state index in [9.17, 15) is 9.90 Å². The summed E-state index contributed by atoms with van der Waals surface area (Å²) in [6.07, 6.45) is 1.43. The predicted molar refractivity (Wildman–Crippen MR) is 70.5 cm³/mol. The average Bonchev–Trinajstić information content (AvgIpc) is 2.63. The highest BCUT2D eigenvalue weighted by Gasteiger charge is 2.54. The molecule has 8 heteroatoms. The zero-order valence-corrected chi connectivity index (χ0v) is 11.0. The molecule has 2 aliphatic heterocycles.